The van der Waals surface area contributed by atoms with Crippen LogP contribution in [0.5, 0.6) is 5.75 Å². The van der Waals surface area contributed by atoms with Crippen LogP contribution in [0.4, 0.5) is 5.69 Å². The van der Waals surface area contributed by atoms with E-state index in [0.717, 1.165) is 5.56 Å². The summed E-state index contributed by atoms with van der Waals surface area (Å²) in [5.41, 5.74) is 1.60. The number of hydrogen-bond donors (Lipinski definition) is 1. The largest absolute Gasteiger partial charge is 0.495 e. The number of anilines is 1. The minimum absolute atomic E-state index is 0.117. The fraction of sp³-hybridized carbons (Fsp3) is 0.500. The third kappa shape index (κ3) is 4.21. The molecule has 0 spiro atoms. The van der Waals surface area contributed by atoms with Crippen molar-refractivity contribution in [2.75, 3.05) is 18.6 Å². The second-order valence-corrected chi connectivity index (χ2v) is 5.52. The smallest absolute Gasteiger partial charge is 0.308 e. The number of nitrogens with zero attached hydrogens (tertiary/aromatic N) is 1. The second kappa shape index (κ2) is 7.11. The molecule has 0 saturated heterocycles. The molecule has 1 aromatic carbocycles. The highest BCUT2D eigenvalue weighted by Crippen LogP contribution is 2.31. The lowest BCUT2D eigenvalue weighted by atomic mass is 10.1. The molecule has 5 heteroatoms. The minimum Gasteiger partial charge on any atom is -0.495 e. The van der Waals surface area contributed by atoms with Gasteiger partial charge in [0, 0.05) is 12.5 Å². The highest BCUT2D eigenvalue weighted by Gasteiger charge is 2.26. The molecule has 1 rings (SSSR count). The number of carbonyl (C=O) groups excluding carboxylic acids is 1. The number of carboxylic acids is 1. The zero-order valence-electron chi connectivity index (χ0n) is 13.2. The van der Waals surface area contributed by atoms with Gasteiger partial charge in [-0.1, -0.05) is 26.8 Å². The zero-order chi connectivity index (χ0) is 16.2. The number of carbonyl (C=O) groups is 2. The molecule has 1 aromatic rings. The number of carboxylic acid groups (broad SMARTS) is 1. The SMILES string of the molecule is COc1ccc(C)cc1N(CC(C)C(=O)O)C(=O)C(C)C. The van der Waals surface area contributed by atoms with Crippen molar-refractivity contribution < 1.29 is 19.4 Å². The van der Waals surface area contributed by atoms with Crippen molar-refractivity contribution in [2.24, 2.45) is 11.8 Å². The van der Waals surface area contributed by atoms with Gasteiger partial charge in [0.1, 0.15) is 5.75 Å². The van der Waals surface area contributed by atoms with Gasteiger partial charge in [-0.2, -0.15) is 0 Å². The first-order valence-electron chi connectivity index (χ1n) is 6.96. The molecule has 0 radical (unpaired) electrons. The quantitative estimate of drug-likeness (QED) is 0.875. The fourth-order valence-corrected chi connectivity index (χ4v) is 1.98. The Labute approximate surface area is 125 Å². The maximum absolute atomic E-state index is 12.5. The van der Waals surface area contributed by atoms with Gasteiger partial charge in [-0.3, -0.25) is 9.59 Å². The van der Waals surface area contributed by atoms with Crippen LogP contribution in [-0.2, 0) is 9.59 Å². The lowest BCUT2D eigenvalue weighted by Gasteiger charge is -2.28. The van der Waals surface area contributed by atoms with Crippen LogP contribution in [0.15, 0.2) is 18.2 Å². The van der Waals surface area contributed by atoms with Gasteiger partial charge >= 0.3 is 5.97 Å². The molecule has 0 aliphatic rings. The van der Waals surface area contributed by atoms with Gasteiger partial charge in [0.25, 0.3) is 0 Å². The molecule has 5 nitrogen and oxygen atoms in total. The molecule has 0 bridgehead atoms. The van der Waals surface area contributed by atoms with Crippen molar-refractivity contribution in [3.63, 3.8) is 0 Å². The van der Waals surface area contributed by atoms with Crippen LogP contribution in [0.25, 0.3) is 0 Å². The lowest BCUT2D eigenvalue weighted by molar-refractivity contribution is -0.140. The number of rotatable bonds is 6. The zero-order valence-corrected chi connectivity index (χ0v) is 13.2. The van der Waals surface area contributed by atoms with Crippen LogP contribution in [-0.4, -0.2) is 30.6 Å². The Kier molecular flexibility index (Phi) is 5.76. The molecule has 0 heterocycles. The van der Waals surface area contributed by atoms with E-state index in [-0.39, 0.29) is 18.4 Å². The van der Waals surface area contributed by atoms with E-state index < -0.39 is 11.9 Å². The monoisotopic (exact) mass is 293 g/mol. The first-order chi connectivity index (χ1) is 9.77. The number of ether oxygens (including phenoxy) is 1. The number of benzene rings is 1. The lowest BCUT2D eigenvalue weighted by Crippen LogP contribution is -2.39. The van der Waals surface area contributed by atoms with E-state index in [4.69, 9.17) is 9.84 Å². The molecule has 0 aliphatic heterocycles. The number of hydrogen-bond acceptors (Lipinski definition) is 3. The van der Waals surface area contributed by atoms with Crippen molar-refractivity contribution in [3.8, 4) is 5.75 Å². The molecule has 0 aromatic heterocycles. The van der Waals surface area contributed by atoms with Crippen LogP contribution in [0.1, 0.15) is 26.3 Å². The van der Waals surface area contributed by atoms with E-state index >= 15 is 0 Å². The summed E-state index contributed by atoms with van der Waals surface area (Å²) < 4.78 is 5.31. The summed E-state index contributed by atoms with van der Waals surface area (Å²) in [6.07, 6.45) is 0. The Morgan fingerprint density at radius 1 is 1.29 bits per heavy atom. The maximum Gasteiger partial charge on any atom is 0.308 e. The van der Waals surface area contributed by atoms with Gasteiger partial charge in [-0.05, 0) is 24.6 Å². The van der Waals surface area contributed by atoms with Gasteiger partial charge in [-0.25, -0.2) is 0 Å². The molecule has 116 valence electrons. The van der Waals surface area contributed by atoms with Crippen LogP contribution in [0.2, 0.25) is 0 Å². The Morgan fingerprint density at radius 2 is 1.90 bits per heavy atom. The van der Waals surface area contributed by atoms with Crippen molar-refractivity contribution in [2.45, 2.75) is 27.7 Å². The van der Waals surface area contributed by atoms with Gasteiger partial charge in [-0.15, -0.1) is 0 Å². The fourth-order valence-electron chi connectivity index (χ4n) is 1.98. The van der Waals surface area contributed by atoms with E-state index in [1.54, 1.807) is 26.8 Å². The van der Waals surface area contributed by atoms with E-state index in [0.29, 0.717) is 11.4 Å². The predicted octanol–water partition coefficient (Wildman–Crippen LogP) is 2.71. The molecule has 1 unspecified atom stereocenters. The first-order valence-corrected chi connectivity index (χ1v) is 6.96. The molecule has 1 N–H and O–H groups in total. The van der Waals surface area contributed by atoms with Crippen LogP contribution in [0.3, 0.4) is 0 Å². The standard InChI is InChI=1S/C16H23NO4/c1-10(2)15(18)17(9-12(4)16(19)20)13-8-11(3)6-7-14(13)21-5/h6-8,10,12H,9H2,1-5H3,(H,19,20). The summed E-state index contributed by atoms with van der Waals surface area (Å²) in [5.74, 6) is -1.36. The molecule has 0 saturated carbocycles. The summed E-state index contributed by atoms with van der Waals surface area (Å²) in [5, 5.41) is 9.11. The third-order valence-corrected chi connectivity index (χ3v) is 3.26. The first kappa shape index (κ1) is 17.0. The molecular formula is C16H23NO4. The second-order valence-electron chi connectivity index (χ2n) is 5.52. The Morgan fingerprint density at radius 3 is 2.38 bits per heavy atom. The molecule has 21 heavy (non-hydrogen) atoms. The maximum atomic E-state index is 12.5. The van der Waals surface area contributed by atoms with Crippen LogP contribution in [0, 0.1) is 18.8 Å². The Balaban J connectivity index is 3.26. The van der Waals surface area contributed by atoms with Gasteiger partial charge in [0.05, 0.1) is 18.7 Å². The number of aliphatic carboxylic acids is 1. The van der Waals surface area contributed by atoms with E-state index in [2.05, 4.69) is 0 Å². The van der Waals surface area contributed by atoms with Crippen LogP contribution >= 0.6 is 0 Å². The normalized spacial score (nSPS) is 12.1. The molecule has 1 amide bonds. The summed E-state index contributed by atoms with van der Waals surface area (Å²) in [6.45, 7) is 7.21. The average Bonchev–Trinajstić information content (AvgIpc) is 2.43. The highest BCUT2D eigenvalue weighted by atomic mass is 16.5. The topological polar surface area (TPSA) is 66.8 Å². The van der Waals surface area contributed by atoms with Crippen molar-refractivity contribution in [1.82, 2.24) is 0 Å². The predicted molar refractivity (Wildman–Crippen MR) is 81.7 cm³/mol. The van der Waals surface area contributed by atoms with E-state index in [9.17, 15) is 9.59 Å². The molecular weight excluding hydrogens is 270 g/mol. The van der Waals surface area contributed by atoms with Crippen LogP contribution < -0.4 is 9.64 Å². The molecule has 1 atom stereocenters. The van der Waals surface area contributed by atoms with E-state index in [1.807, 2.05) is 19.1 Å². The summed E-state index contributed by atoms with van der Waals surface area (Å²) in [4.78, 5) is 25.1. The number of amides is 1. The van der Waals surface area contributed by atoms with Gasteiger partial charge in [0.15, 0.2) is 0 Å². The van der Waals surface area contributed by atoms with E-state index in [1.165, 1.54) is 12.0 Å². The third-order valence-electron chi connectivity index (χ3n) is 3.26. The summed E-state index contributed by atoms with van der Waals surface area (Å²) in [6, 6.07) is 5.52. The van der Waals surface area contributed by atoms with Crippen molar-refractivity contribution >= 4 is 17.6 Å². The Bertz CT molecular complexity index is 525. The van der Waals surface area contributed by atoms with Gasteiger partial charge in [0.2, 0.25) is 5.91 Å². The highest BCUT2D eigenvalue weighted by molar-refractivity contribution is 5.96. The number of methoxy groups -OCH3 is 1. The van der Waals surface area contributed by atoms with Crippen molar-refractivity contribution in [1.29, 1.82) is 0 Å². The minimum atomic E-state index is -0.928. The summed E-state index contributed by atoms with van der Waals surface area (Å²) in [7, 11) is 1.53. The summed E-state index contributed by atoms with van der Waals surface area (Å²) >= 11 is 0. The number of aryl methyl sites for hydroxylation is 1. The molecule has 0 fully saturated rings. The average molecular weight is 293 g/mol. The molecule has 0 aliphatic carbocycles. The van der Waals surface area contributed by atoms with Crippen molar-refractivity contribution in [3.05, 3.63) is 23.8 Å². The van der Waals surface area contributed by atoms with Gasteiger partial charge < -0.3 is 14.7 Å². The Hall–Kier alpha value is -2.04.